The van der Waals surface area contributed by atoms with Gasteiger partial charge >= 0.3 is 5.97 Å². The summed E-state index contributed by atoms with van der Waals surface area (Å²) >= 11 is 1.10. The van der Waals surface area contributed by atoms with E-state index in [0.29, 0.717) is 17.1 Å². The molecule has 0 bridgehead atoms. The zero-order valence-electron chi connectivity index (χ0n) is 8.63. The van der Waals surface area contributed by atoms with Crippen molar-refractivity contribution in [3.63, 3.8) is 0 Å². The van der Waals surface area contributed by atoms with Crippen molar-refractivity contribution in [2.45, 2.75) is 19.3 Å². The molecule has 7 heteroatoms. The molecule has 2 rings (SSSR count). The van der Waals surface area contributed by atoms with Crippen molar-refractivity contribution < 1.29 is 18.3 Å². The van der Waals surface area contributed by atoms with Crippen LogP contribution in [-0.2, 0) is 9.84 Å². The summed E-state index contributed by atoms with van der Waals surface area (Å²) in [5.74, 6) is -1.12. The molecule has 1 atom stereocenters. The number of aromatic nitrogens is 1. The molecule has 1 N–H and O–H groups in total. The molecule has 1 aliphatic heterocycles. The van der Waals surface area contributed by atoms with Crippen LogP contribution in [0, 0.1) is 6.92 Å². The maximum atomic E-state index is 11.3. The Kier molecular flexibility index (Phi) is 2.75. The molecule has 88 valence electrons. The molecule has 0 radical (unpaired) electrons. The van der Waals surface area contributed by atoms with Crippen LogP contribution in [0.4, 0.5) is 0 Å². The molecular formula is C9H11NO4S2. The van der Waals surface area contributed by atoms with E-state index in [-0.39, 0.29) is 22.3 Å². The minimum Gasteiger partial charge on any atom is -0.477 e. The molecule has 1 aromatic rings. The quantitative estimate of drug-likeness (QED) is 0.860. The van der Waals surface area contributed by atoms with Gasteiger partial charge in [0.25, 0.3) is 0 Å². The fraction of sp³-hybridized carbons (Fsp3) is 0.556. The number of thiazole rings is 1. The zero-order chi connectivity index (χ0) is 11.9. The fourth-order valence-electron chi connectivity index (χ4n) is 1.88. The zero-order valence-corrected chi connectivity index (χ0v) is 10.3. The topological polar surface area (TPSA) is 84.3 Å². The van der Waals surface area contributed by atoms with E-state index in [4.69, 9.17) is 5.11 Å². The van der Waals surface area contributed by atoms with Crippen molar-refractivity contribution in [3.05, 3.63) is 15.6 Å². The molecule has 2 heterocycles. The first-order valence-electron chi connectivity index (χ1n) is 4.80. The SMILES string of the molecule is Cc1nc(C2CCS(=O)(=O)C2)c(C(=O)O)s1. The standard InChI is InChI=1S/C9H11NO4S2/c1-5-10-7(8(15-5)9(11)12)6-2-3-16(13,14)4-6/h6H,2-4H2,1H3,(H,11,12). The van der Waals surface area contributed by atoms with Gasteiger partial charge in [0, 0.05) is 5.92 Å². The summed E-state index contributed by atoms with van der Waals surface area (Å²) < 4.78 is 22.7. The third-order valence-electron chi connectivity index (χ3n) is 2.57. The predicted molar refractivity (Wildman–Crippen MR) is 59.8 cm³/mol. The number of carbonyl (C=O) groups is 1. The molecule has 1 unspecified atom stereocenters. The Labute approximate surface area is 97.1 Å². The Balaban J connectivity index is 2.38. The Morgan fingerprint density at radius 2 is 2.25 bits per heavy atom. The number of carboxylic acids is 1. The summed E-state index contributed by atoms with van der Waals surface area (Å²) in [6, 6.07) is 0. The molecule has 0 amide bonds. The fourth-order valence-corrected chi connectivity index (χ4v) is 4.48. The molecule has 0 spiro atoms. The van der Waals surface area contributed by atoms with Crippen LogP contribution in [0.25, 0.3) is 0 Å². The lowest BCUT2D eigenvalue weighted by molar-refractivity contribution is 0.0700. The van der Waals surface area contributed by atoms with Gasteiger partial charge in [-0.15, -0.1) is 11.3 Å². The van der Waals surface area contributed by atoms with Crippen LogP contribution in [0.3, 0.4) is 0 Å². The third-order valence-corrected chi connectivity index (χ3v) is 5.32. The summed E-state index contributed by atoms with van der Waals surface area (Å²) in [5, 5.41) is 9.65. The molecule has 0 aliphatic carbocycles. The summed E-state index contributed by atoms with van der Waals surface area (Å²) in [6.45, 7) is 1.73. The minimum atomic E-state index is -3.01. The second-order valence-electron chi connectivity index (χ2n) is 3.85. The number of aryl methyl sites for hydroxylation is 1. The lowest BCUT2D eigenvalue weighted by Gasteiger charge is -2.04. The average molecular weight is 261 g/mol. The lowest BCUT2D eigenvalue weighted by atomic mass is 10.0. The summed E-state index contributed by atoms with van der Waals surface area (Å²) in [7, 11) is -3.01. The van der Waals surface area contributed by atoms with Crippen LogP contribution in [0.2, 0.25) is 0 Å². The average Bonchev–Trinajstić information content (AvgIpc) is 2.68. The molecule has 0 aromatic carbocycles. The number of nitrogens with zero attached hydrogens (tertiary/aromatic N) is 1. The van der Waals surface area contributed by atoms with Crippen LogP contribution >= 0.6 is 11.3 Å². The van der Waals surface area contributed by atoms with Gasteiger partial charge in [-0.25, -0.2) is 18.2 Å². The largest absolute Gasteiger partial charge is 0.477 e. The first kappa shape index (κ1) is 11.5. The van der Waals surface area contributed by atoms with Crippen molar-refractivity contribution in [2.24, 2.45) is 0 Å². The van der Waals surface area contributed by atoms with Crippen molar-refractivity contribution in [1.82, 2.24) is 4.98 Å². The van der Waals surface area contributed by atoms with Gasteiger partial charge in [0.1, 0.15) is 4.88 Å². The van der Waals surface area contributed by atoms with Gasteiger partial charge in [-0.1, -0.05) is 0 Å². The summed E-state index contributed by atoms with van der Waals surface area (Å²) in [5.41, 5.74) is 0.441. The molecule has 5 nitrogen and oxygen atoms in total. The number of hydrogen-bond acceptors (Lipinski definition) is 5. The number of sulfone groups is 1. The molecule has 1 aromatic heterocycles. The van der Waals surface area contributed by atoms with E-state index in [2.05, 4.69) is 4.98 Å². The second kappa shape index (κ2) is 3.81. The highest BCUT2D eigenvalue weighted by Gasteiger charge is 2.33. The van der Waals surface area contributed by atoms with E-state index in [0.717, 1.165) is 11.3 Å². The molecule has 0 saturated carbocycles. The monoisotopic (exact) mass is 261 g/mol. The highest BCUT2D eigenvalue weighted by Crippen LogP contribution is 2.33. The molecule has 1 fully saturated rings. The Bertz CT molecular complexity index is 532. The third kappa shape index (κ3) is 2.10. The minimum absolute atomic E-state index is 0.0243. The Morgan fingerprint density at radius 3 is 2.75 bits per heavy atom. The highest BCUT2D eigenvalue weighted by molar-refractivity contribution is 7.91. The Morgan fingerprint density at radius 1 is 1.56 bits per heavy atom. The van der Waals surface area contributed by atoms with Crippen LogP contribution in [0.5, 0.6) is 0 Å². The van der Waals surface area contributed by atoms with E-state index >= 15 is 0 Å². The second-order valence-corrected chi connectivity index (χ2v) is 7.28. The summed E-state index contributed by atoms with van der Waals surface area (Å²) in [4.78, 5) is 15.3. The van der Waals surface area contributed by atoms with Gasteiger partial charge in [0.05, 0.1) is 22.2 Å². The van der Waals surface area contributed by atoms with E-state index in [1.54, 1.807) is 6.92 Å². The van der Waals surface area contributed by atoms with Gasteiger partial charge in [-0.05, 0) is 13.3 Å². The lowest BCUT2D eigenvalue weighted by Crippen LogP contribution is -2.08. The summed E-state index contributed by atoms with van der Waals surface area (Å²) in [6.07, 6.45) is 0.478. The van der Waals surface area contributed by atoms with Gasteiger partial charge in [-0.3, -0.25) is 0 Å². The smallest absolute Gasteiger partial charge is 0.347 e. The number of aromatic carboxylic acids is 1. The molecular weight excluding hydrogens is 250 g/mol. The van der Waals surface area contributed by atoms with E-state index in [9.17, 15) is 13.2 Å². The number of hydrogen-bond donors (Lipinski definition) is 1. The maximum absolute atomic E-state index is 11.3. The van der Waals surface area contributed by atoms with Gasteiger partial charge < -0.3 is 5.11 Å². The van der Waals surface area contributed by atoms with E-state index in [1.165, 1.54) is 0 Å². The van der Waals surface area contributed by atoms with Crippen LogP contribution in [-0.4, -0.2) is 36.0 Å². The normalized spacial score (nSPS) is 23.4. The van der Waals surface area contributed by atoms with E-state index < -0.39 is 15.8 Å². The number of carboxylic acid groups (broad SMARTS) is 1. The van der Waals surface area contributed by atoms with Crippen molar-refractivity contribution in [3.8, 4) is 0 Å². The number of rotatable bonds is 2. The van der Waals surface area contributed by atoms with Gasteiger partial charge in [0.15, 0.2) is 9.84 Å². The molecule has 1 saturated heterocycles. The first-order valence-corrected chi connectivity index (χ1v) is 7.44. The Hall–Kier alpha value is -0.950. The predicted octanol–water partition coefficient (Wildman–Crippen LogP) is 1.05. The van der Waals surface area contributed by atoms with E-state index in [1.807, 2.05) is 0 Å². The van der Waals surface area contributed by atoms with Crippen molar-refractivity contribution in [2.75, 3.05) is 11.5 Å². The van der Waals surface area contributed by atoms with Crippen LogP contribution < -0.4 is 0 Å². The van der Waals surface area contributed by atoms with Crippen molar-refractivity contribution in [1.29, 1.82) is 0 Å². The maximum Gasteiger partial charge on any atom is 0.347 e. The molecule has 1 aliphatic rings. The first-order chi connectivity index (χ1) is 7.39. The van der Waals surface area contributed by atoms with Gasteiger partial charge in [-0.2, -0.15) is 0 Å². The highest BCUT2D eigenvalue weighted by atomic mass is 32.2. The van der Waals surface area contributed by atoms with Gasteiger partial charge in [0.2, 0.25) is 0 Å². The van der Waals surface area contributed by atoms with Crippen LogP contribution in [0.15, 0.2) is 0 Å². The molecule has 16 heavy (non-hydrogen) atoms. The van der Waals surface area contributed by atoms with Crippen molar-refractivity contribution >= 4 is 27.1 Å². The van der Waals surface area contributed by atoms with Crippen LogP contribution in [0.1, 0.15) is 32.7 Å².